The van der Waals surface area contributed by atoms with Gasteiger partial charge in [-0.2, -0.15) is 0 Å². The molecule has 2 aliphatic carbocycles. The van der Waals surface area contributed by atoms with E-state index in [1.54, 1.807) is 0 Å². The van der Waals surface area contributed by atoms with Gasteiger partial charge >= 0.3 is 0 Å². The van der Waals surface area contributed by atoms with Crippen molar-refractivity contribution in [3.63, 3.8) is 0 Å². The summed E-state index contributed by atoms with van der Waals surface area (Å²) in [7, 11) is 0. The molecule has 0 aromatic heterocycles. The number of nitrogens with one attached hydrogen (secondary N) is 1. The molecule has 5 nitrogen and oxygen atoms in total. The Balaban J connectivity index is 1.11. The van der Waals surface area contributed by atoms with Crippen molar-refractivity contribution in [3.8, 4) is 0 Å². The summed E-state index contributed by atoms with van der Waals surface area (Å²) in [6.45, 7) is 3.84. The maximum absolute atomic E-state index is 12.5. The minimum absolute atomic E-state index is 0.0790. The number of piperazine rings is 1. The van der Waals surface area contributed by atoms with Crippen molar-refractivity contribution < 1.29 is 9.59 Å². The molecule has 0 radical (unpaired) electrons. The Morgan fingerprint density at radius 2 is 1.90 bits per heavy atom. The number of anilines is 1. The predicted octanol–water partition coefficient (Wildman–Crippen LogP) is 3.49. The maximum Gasteiger partial charge on any atom is 0.222 e. The number of allylic oxidation sites excluding steroid dienone is 2. The molecule has 1 N–H and O–H groups in total. The second-order valence-electron chi connectivity index (χ2n) is 8.55. The van der Waals surface area contributed by atoms with Crippen LogP contribution in [-0.2, 0) is 9.59 Å². The van der Waals surface area contributed by atoms with Gasteiger partial charge in [0.15, 0.2) is 0 Å². The van der Waals surface area contributed by atoms with Crippen molar-refractivity contribution >= 4 is 29.1 Å². The zero-order chi connectivity index (χ0) is 20.2. The SMILES string of the molecule is O=C(CCCC(=O)N1CCN(c2cccc(Cl)c2)CC1)NC[C@H]1C[C@H]2C=C[C@@H]1C2. The van der Waals surface area contributed by atoms with Crippen LogP contribution in [0.2, 0.25) is 5.02 Å². The lowest BCUT2D eigenvalue weighted by molar-refractivity contribution is -0.131. The predicted molar refractivity (Wildman–Crippen MR) is 116 cm³/mol. The molecule has 1 saturated carbocycles. The second kappa shape index (κ2) is 9.21. The molecule has 4 rings (SSSR count). The lowest BCUT2D eigenvalue weighted by Gasteiger charge is -2.36. The third-order valence-corrected chi connectivity index (χ3v) is 6.81. The Bertz CT molecular complexity index is 773. The van der Waals surface area contributed by atoms with Crippen LogP contribution in [0.25, 0.3) is 0 Å². The molecule has 156 valence electrons. The van der Waals surface area contributed by atoms with E-state index in [1.807, 2.05) is 23.1 Å². The largest absolute Gasteiger partial charge is 0.368 e. The van der Waals surface area contributed by atoms with Crippen molar-refractivity contribution in [2.75, 3.05) is 37.6 Å². The molecule has 1 heterocycles. The topological polar surface area (TPSA) is 52.7 Å². The highest BCUT2D eigenvalue weighted by atomic mass is 35.5. The number of benzene rings is 1. The van der Waals surface area contributed by atoms with Crippen LogP contribution in [0.4, 0.5) is 5.69 Å². The Labute approximate surface area is 178 Å². The van der Waals surface area contributed by atoms with Crippen LogP contribution in [0.1, 0.15) is 32.1 Å². The van der Waals surface area contributed by atoms with Crippen LogP contribution in [0.5, 0.6) is 0 Å². The van der Waals surface area contributed by atoms with Gasteiger partial charge in [0.2, 0.25) is 11.8 Å². The maximum atomic E-state index is 12.5. The van der Waals surface area contributed by atoms with Gasteiger partial charge in [0.05, 0.1) is 0 Å². The molecular formula is C23H30ClN3O2. The number of hydrogen-bond donors (Lipinski definition) is 1. The number of carbonyl (C=O) groups is 2. The first-order chi connectivity index (χ1) is 14.1. The highest BCUT2D eigenvalue weighted by Gasteiger charge is 2.35. The monoisotopic (exact) mass is 415 g/mol. The number of fused-ring (bicyclic) bond motifs is 2. The summed E-state index contributed by atoms with van der Waals surface area (Å²) in [4.78, 5) is 28.8. The van der Waals surface area contributed by atoms with Crippen LogP contribution in [-0.4, -0.2) is 49.4 Å². The van der Waals surface area contributed by atoms with Gasteiger partial charge in [0.1, 0.15) is 0 Å². The fourth-order valence-electron chi connectivity index (χ4n) is 4.91. The first-order valence-electron chi connectivity index (χ1n) is 10.8. The number of carbonyl (C=O) groups excluding carboxylic acids is 2. The third kappa shape index (κ3) is 5.13. The van der Waals surface area contributed by atoms with Crippen LogP contribution in [0.3, 0.4) is 0 Å². The zero-order valence-electron chi connectivity index (χ0n) is 16.9. The van der Waals surface area contributed by atoms with Crippen LogP contribution in [0, 0.1) is 17.8 Å². The molecule has 2 fully saturated rings. The van der Waals surface area contributed by atoms with E-state index >= 15 is 0 Å². The minimum atomic E-state index is 0.0790. The summed E-state index contributed by atoms with van der Waals surface area (Å²) in [5, 5.41) is 3.81. The molecule has 6 heteroatoms. The van der Waals surface area contributed by atoms with E-state index in [-0.39, 0.29) is 11.8 Å². The minimum Gasteiger partial charge on any atom is -0.368 e. The van der Waals surface area contributed by atoms with E-state index in [4.69, 9.17) is 11.6 Å². The zero-order valence-corrected chi connectivity index (χ0v) is 17.6. The summed E-state index contributed by atoms with van der Waals surface area (Å²) >= 11 is 6.07. The standard InChI is InChI=1S/C23H30ClN3O2/c24-20-3-1-4-21(15-20)26-9-11-27(12-10-26)23(29)6-2-5-22(28)25-16-19-14-17-7-8-18(19)13-17/h1,3-4,7-8,15,17-19H,2,5-6,9-14,16H2,(H,25,28)/t17-,18+,19+/m0/s1. The number of hydrogen-bond acceptors (Lipinski definition) is 3. The summed E-state index contributed by atoms with van der Waals surface area (Å²) in [5.41, 5.74) is 1.10. The van der Waals surface area contributed by atoms with Gasteiger partial charge in [-0.15, -0.1) is 0 Å². The number of halogens is 1. The molecule has 29 heavy (non-hydrogen) atoms. The smallest absolute Gasteiger partial charge is 0.222 e. The fourth-order valence-corrected chi connectivity index (χ4v) is 5.09. The highest BCUT2D eigenvalue weighted by Crippen LogP contribution is 2.42. The number of amides is 2. The van der Waals surface area contributed by atoms with Crippen LogP contribution in [0.15, 0.2) is 36.4 Å². The molecule has 3 atom stereocenters. The Hall–Kier alpha value is -2.01. The summed E-state index contributed by atoms with van der Waals surface area (Å²) in [6.07, 6.45) is 8.61. The summed E-state index contributed by atoms with van der Waals surface area (Å²) in [6, 6.07) is 7.84. The Morgan fingerprint density at radius 1 is 1.07 bits per heavy atom. The van der Waals surface area contributed by atoms with E-state index in [0.717, 1.165) is 49.4 Å². The summed E-state index contributed by atoms with van der Waals surface area (Å²) in [5.74, 6) is 2.23. The fraction of sp³-hybridized carbons (Fsp3) is 0.565. The van der Waals surface area contributed by atoms with E-state index in [0.29, 0.717) is 31.1 Å². The average Bonchev–Trinajstić information content (AvgIpc) is 3.36. The van der Waals surface area contributed by atoms with Crippen LogP contribution >= 0.6 is 11.6 Å². The average molecular weight is 416 g/mol. The summed E-state index contributed by atoms with van der Waals surface area (Å²) < 4.78 is 0. The Kier molecular flexibility index (Phi) is 6.43. The van der Waals surface area contributed by atoms with Crippen molar-refractivity contribution in [1.29, 1.82) is 0 Å². The van der Waals surface area contributed by atoms with E-state index < -0.39 is 0 Å². The molecular weight excluding hydrogens is 386 g/mol. The van der Waals surface area contributed by atoms with Crippen molar-refractivity contribution in [2.24, 2.45) is 17.8 Å². The molecule has 0 spiro atoms. The van der Waals surface area contributed by atoms with Crippen molar-refractivity contribution in [3.05, 3.63) is 41.4 Å². The first kappa shape index (κ1) is 20.3. The van der Waals surface area contributed by atoms with Gasteiger partial charge in [-0.1, -0.05) is 29.8 Å². The molecule has 1 saturated heterocycles. The number of rotatable bonds is 7. The first-order valence-corrected chi connectivity index (χ1v) is 11.2. The van der Waals surface area contributed by atoms with Gasteiger partial charge in [-0.25, -0.2) is 0 Å². The molecule has 1 aromatic carbocycles. The van der Waals surface area contributed by atoms with Crippen LogP contribution < -0.4 is 10.2 Å². The molecule has 1 aliphatic heterocycles. The molecule has 2 amide bonds. The van der Waals surface area contributed by atoms with E-state index in [1.165, 1.54) is 12.8 Å². The second-order valence-corrected chi connectivity index (χ2v) is 8.98. The Morgan fingerprint density at radius 3 is 2.59 bits per heavy atom. The normalized spacial score (nSPS) is 25.5. The van der Waals surface area contributed by atoms with Gasteiger partial charge in [-0.05, 0) is 55.2 Å². The van der Waals surface area contributed by atoms with Crippen molar-refractivity contribution in [2.45, 2.75) is 32.1 Å². The van der Waals surface area contributed by atoms with Gasteiger partial charge in [0, 0.05) is 56.3 Å². The molecule has 3 aliphatic rings. The van der Waals surface area contributed by atoms with E-state index in [2.05, 4.69) is 28.4 Å². The third-order valence-electron chi connectivity index (χ3n) is 6.58. The highest BCUT2D eigenvalue weighted by molar-refractivity contribution is 6.30. The lowest BCUT2D eigenvalue weighted by Crippen LogP contribution is -2.48. The van der Waals surface area contributed by atoms with Gasteiger partial charge in [-0.3, -0.25) is 9.59 Å². The molecule has 1 aromatic rings. The number of nitrogens with zero attached hydrogens (tertiary/aromatic N) is 2. The molecule has 2 bridgehead atoms. The quantitative estimate of drug-likeness (QED) is 0.693. The van der Waals surface area contributed by atoms with E-state index in [9.17, 15) is 9.59 Å². The van der Waals surface area contributed by atoms with Gasteiger partial charge in [0.25, 0.3) is 0 Å². The van der Waals surface area contributed by atoms with Crippen molar-refractivity contribution in [1.82, 2.24) is 10.2 Å². The molecule has 0 unspecified atom stereocenters. The van der Waals surface area contributed by atoms with Gasteiger partial charge < -0.3 is 15.1 Å². The lowest BCUT2D eigenvalue weighted by atomic mass is 9.93.